The third kappa shape index (κ3) is 3.24. The quantitative estimate of drug-likeness (QED) is 0.763. The molecule has 3 heteroatoms. The maximum atomic E-state index is 14.5. The minimum Gasteiger partial charge on any atom is -0.300 e. The van der Waals surface area contributed by atoms with E-state index in [9.17, 15) is 4.39 Å². The van der Waals surface area contributed by atoms with E-state index < -0.39 is 5.67 Å². The van der Waals surface area contributed by atoms with Crippen molar-refractivity contribution in [3.05, 3.63) is 0 Å². The predicted molar refractivity (Wildman–Crippen MR) is 74.6 cm³/mol. The minimum atomic E-state index is -0.936. The van der Waals surface area contributed by atoms with Gasteiger partial charge in [-0.25, -0.2) is 4.39 Å². The first-order valence-electron chi connectivity index (χ1n) is 7.55. The minimum absolute atomic E-state index is 0.487. The van der Waals surface area contributed by atoms with Crippen molar-refractivity contribution in [1.82, 2.24) is 9.80 Å². The van der Waals surface area contributed by atoms with E-state index in [0.717, 1.165) is 24.9 Å². The summed E-state index contributed by atoms with van der Waals surface area (Å²) in [4.78, 5) is 4.57. The van der Waals surface area contributed by atoms with Crippen LogP contribution in [-0.4, -0.2) is 54.2 Å². The second kappa shape index (κ2) is 5.46. The van der Waals surface area contributed by atoms with Gasteiger partial charge in [0.25, 0.3) is 0 Å². The van der Waals surface area contributed by atoms with Gasteiger partial charge >= 0.3 is 0 Å². The first kappa shape index (κ1) is 14.3. The molecule has 2 saturated heterocycles. The average Bonchev–Trinajstić information content (AvgIpc) is 2.26. The zero-order valence-electron chi connectivity index (χ0n) is 12.5. The zero-order valence-corrected chi connectivity index (χ0v) is 12.5. The summed E-state index contributed by atoms with van der Waals surface area (Å²) in [5, 5.41) is 0. The highest BCUT2D eigenvalue weighted by molar-refractivity contribution is 4.99. The molecule has 2 rings (SSSR count). The summed E-state index contributed by atoms with van der Waals surface area (Å²) in [5.74, 6) is 1.64. The van der Waals surface area contributed by atoms with Gasteiger partial charge in [-0.3, -0.25) is 4.90 Å². The lowest BCUT2D eigenvalue weighted by molar-refractivity contribution is -0.0725. The molecular formula is C15H29FN2. The fraction of sp³-hybridized carbons (Fsp3) is 1.00. The third-order valence-electron chi connectivity index (χ3n) is 4.79. The van der Waals surface area contributed by atoms with Gasteiger partial charge in [-0.15, -0.1) is 0 Å². The fourth-order valence-electron chi connectivity index (χ4n) is 3.33. The van der Waals surface area contributed by atoms with Crippen LogP contribution in [0.25, 0.3) is 0 Å². The Hall–Kier alpha value is -0.150. The maximum absolute atomic E-state index is 14.5. The Balaban J connectivity index is 1.72. The third-order valence-corrected chi connectivity index (χ3v) is 4.79. The van der Waals surface area contributed by atoms with Gasteiger partial charge in [0, 0.05) is 25.7 Å². The molecule has 2 aliphatic rings. The number of hydrogen-bond acceptors (Lipinski definition) is 2. The SMILES string of the molecule is CC(C)C1CCN(CC2(F)CN(C(C)C)C2)CC1. The Morgan fingerprint density at radius 1 is 1.11 bits per heavy atom. The summed E-state index contributed by atoms with van der Waals surface area (Å²) in [7, 11) is 0. The van der Waals surface area contributed by atoms with Crippen LogP contribution in [0.3, 0.4) is 0 Å². The lowest BCUT2D eigenvalue weighted by Crippen LogP contribution is -2.65. The second-order valence-corrected chi connectivity index (χ2v) is 7.01. The van der Waals surface area contributed by atoms with Gasteiger partial charge in [0.05, 0.1) is 0 Å². The molecule has 0 amide bonds. The van der Waals surface area contributed by atoms with Crippen LogP contribution in [-0.2, 0) is 0 Å². The largest absolute Gasteiger partial charge is 0.300 e. The van der Waals surface area contributed by atoms with Crippen molar-refractivity contribution in [2.45, 2.75) is 52.2 Å². The fourth-order valence-corrected chi connectivity index (χ4v) is 3.33. The molecule has 0 aliphatic carbocycles. The molecule has 106 valence electrons. The normalized spacial score (nSPS) is 26.8. The number of rotatable bonds is 4. The Bertz CT molecular complexity index is 264. The Labute approximate surface area is 112 Å². The standard InChI is InChI=1S/C15H29FN2/c1-12(2)14-5-7-17(8-6-14)9-15(16)10-18(11-15)13(3)4/h12-14H,5-11H2,1-4H3. The van der Waals surface area contributed by atoms with E-state index in [2.05, 4.69) is 37.5 Å². The number of piperidine rings is 1. The highest BCUT2D eigenvalue weighted by Crippen LogP contribution is 2.31. The molecule has 0 aromatic rings. The molecular weight excluding hydrogens is 227 g/mol. The van der Waals surface area contributed by atoms with Crippen LogP contribution in [0.5, 0.6) is 0 Å². The summed E-state index contributed by atoms with van der Waals surface area (Å²) in [5.41, 5.74) is -0.936. The highest BCUT2D eigenvalue weighted by atomic mass is 19.1. The summed E-state index contributed by atoms with van der Waals surface area (Å²) in [6.45, 7) is 13.0. The van der Waals surface area contributed by atoms with Gasteiger partial charge in [-0.2, -0.15) is 0 Å². The van der Waals surface area contributed by atoms with Gasteiger partial charge in [-0.1, -0.05) is 13.8 Å². The molecule has 0 radical (unpaired) electrons. The van der Waals surface area contributed by atoms with Crippen LogP contribution < -0.4 is 0 Å². The summed E-state index contributed by atoms with van der Waals surface area (Å²) in [6, 6.07) is 0.487. The topological polar surface area (TPSA) is 6.48 Å². The number of halogens is 1. The molecule has 0 atom stereocenters. The molecule has 0 bridgehead atoms. The Morgan fingerprint density at radius 2 is 1.67 bits per heavy atom. The van der Waals surface area contributed by atoms with Gasteiger partial charge in [0.15, 0.2) is 0 Å². The molecule has 18 heavy (non-hydrogen) atoms. The average molecular weight is 256 g/mol. The number of likely N-dealkylation sites (tertiary alicyclic amines) is 2. The molecule has 0 aromatic carbocycles. The Kier molecular flexibility index (Phi) is 4.32. The summed E-state index contributed by atoms with van der Waals surface area (Å²) < 4.78 is 14.5. The lowest BCUT2D eigenvalue weighted by atomic mass is 9.85. The van der Waals surface area contributed by atoms with Crippen molar-refractivity contribution < 1.29 is 4.39 Å². The second-order valence-electron chi connectivity index (χ2n) is 7.01. The van der Waals surface area contributed by atoms with Crippen molar-refractivity contribution in [2.75, 3.05) is 32.7 Å². The van der Waals surface area contributed by atoms with Gasteiger partial charge in [0.2, 0.25) is 0 Å². The molecule has 2 fully saturated rings. The first-order valence-corrected chi connectivity index (χ1v) is 7.55. The van der Waals surface area contributed by atoms with Crippen molar-refractivity contribution in [3.8, 4) is 0 Å². The van der Waals surface area contributed by atoms with Crippen molar-refractivity contribution in [1.29, 1.82) is 0 Å². The van der Waals surface area contributed by atoms with Crippen LogP contribution in [0.2, 0.25) is 0 Å². The van der Waals surface area contributed by atoms with Gasteiger partial charge < -0.3 is 4.90 Å². The highest BCUT2D eigenvalue weighted by Gasteiger charge is 2.45. The van der Waals surface area contributed by atoms with E-state index in [0.29, 0.717) is 25.7 Å². The predicted octanol–water partition coefficient (Wildman–Crippen LogP) is 2.79. The van der Waals surface area contributed by atoms with Crippen LogP contribution in [0.15, 0.2) is 0 Å². The van der Waals surface area contributed by atoms with Crippen LogP contribution >= 0.6 is 0 Å². The molecule has 2 nitrogen and oxygen atoms in total. The molecule has 0 spiro atoms. The lowest BCUT2D eigenvalue weighted by Gasteiger charge is -2.49. The van der Waals surface area contributed by atoms with Gasteiger partial charge in [-0.05, 0) is 51.6 Å². The van der Waals surface area contributed by atoms with Crippen molar-refractivity contribution >= 4 is 0 Å². The van der Waals surface area contributed by atoms with E-state index in [1.54, 1.807) is 0 Å². The van der Waals surface area contributed by atoms with E-state index in [1.165, 1.54) is 12.8 Å². The smallest absolute Gasteiger partial charge is 0.148 e. The van der Waals surface area contributed by atoms with Gasteiger partial charge in [0.1, 0.15) is 5.67 Å². The monoisotopic (exact) mass is 256 g/mol. The molecule has 0 unspecified atom stereocenters. The van der Waals surface area contributed by atoms with Crippen LogP contribution in [0, 0.1) is 11.8 Å². The molecule has 0 saturated carbocycles. The van der Waals surface area contributed by atoms with Crippen molar-refractivity contribution in [3.63, 3.8) is 0 Å². The van der Waals surface area contributed by atoms with E-state index >= 15 is 0 Å². The van der Waals surface area contributed by atoms with Crippen LogP contribution in [0.1, 0.15) is 40.5 Å². The maximum Gasteiger partial charge on any atom is 0.148 e. The molecule has 2 aliphatic heterocycles. The summed E-state index contributed by atoms with van der Waals surface area (Å²) in [6.07, 6.45) is 2.50. The number of hydrogen-bond donors (Lipinski definition) is 0. The van der Waals surface area contributed by atoms with E-state index in [4.69, 9.17) is 0 Å². The number of alkyl halides is 1. The Morgan fingerprint density at radius 3 is 2.11 bits per heavy atom. The van der Waals surface area contributed by atoms with E-state index in [-0.39, 0.29) is 0 Å². The molecule has 0 aromatic heterocycles. The first-order chi connectivity index (χ1) is 8.39. The number of nitrogens with zero attached hydrogens (tertiary/aromatic N) is 2. The zero-order chi connectivity index (χ0) is 13.3. The summed E-state index contributed by atoms with van der Waals surface area (Å²) >= 11 is 0. The van der Waals surface area contributed by atoms with Crippen LogP contribution in [0.4, 0.5) is 4.39 Å². The molecule has 2 heterocycles. The molecule has 0 N–H and O–H groups in total. The van der Waals surface area contributed by atoms with Crippen molar-refractivity contribution in [2.24, 2.45) is 11.8 Å². The van der Waals surface area contributed by atoms with E-state index in [1.807, 2.05) is 0 Å².